The average molecular weight is 404 g/mol. The lowest BCUT2D eigenvalue weighted by Crippen LogP contribution is -2.09. The van der Waals surface area contributed by atoms with Crippen LogP contribution in [0.4, 0.5) is 0 Å². The van der Waals surface area contributed by atoms with Crippen LogP contribution < -0.4 is 0 Å². The SMILES string of the molecule is Cc1noc(C2=Cc3cc(-c4nc(C(=O)CC[C@H]5CCCO5)[nH]c4C)ccc3C2)n1. The maximum absolute atomic E-state index is 12.6. The van der Waals surface area contributed by atoms with E-state index in [9.17, 15) is 4.79 Å². The van der Waals surface area contributed by atoms with Crippen molar-refractivity contribution in [3.63, 3.8) is 0 Å². The highest BCUT2D eigenvalue weighted by molar-refractivity contribution is 5.93. The molecule has 0 amide bonds. The molecule has 1 atom stereocenters. The van der Waals surface area contributed by atoms with Gasteiger partial charge >= 0.3 is 0 Å². The number of ether oxygens (including phenoxy) is 1. The Labute approximate surface area is 174 Å². The molecule has 2 aromatic heterocycles. The van der Waals surface area contributed by atoms with Crippen molar-refractivity contribution in [1.82, 2.24) is 20.1 Å². The number of ketones is 1. The van der Waals surface area contributed by atoms with Crippen LogP contribution in [0.25, 0.3) is 22.9 Å². The molecule has 1 saturated heterocycles. The number of nitrogens with one attached hydrogen (secondary N) is 1. The normalized spacial score (nSPS) is 17.9. The van der Waals surface area contributed by atoms with E-state index >= 15 is 0 Å². The van der Waals surface area contributed by atoms with Gasteiger partial charge in [0.05, 0.1) is 11.8 Å². The lowest BCUT2D eigenvalue weighted by molar-refractivity contribution is 0.0853. The Balaban J connectivity index is 1.35. The minimum atomic E-state index is 0.0370. The smallest absolute Gasteiger partial charge is 0.254 e. The number of hydrogen-bond donors (Lipinski definition) is 1. The lowest BCUT2D eigenvalue weighted by atomic mass is 10.0. The Morgan fingerprint density at radius 1 is 1.27 bits per heavy atom. The minimum absolute atomic E-state index is 0.0370. The van der Waals surface area contributed by atoms with Crippen molar-refractivity contribution in [2.45, 2.75) is 52.1 Å². The second-order valence-corrected chi connectivity index (χ2v) is 8.06. The van der Waals surface area contributed by atoms with Crippen molar-refractivity contribution in [3.8, 4) is 11.3 Å². The fourth-order valence-corrected chi connectivity index (χ4v) is 4.20. The van der Waals surface area contributed by atoms with Crippen LogP contribution in [0.1, 0.15) is 64.8 Å². The third-order valence-corrected chi connectivity index (χ3v) is 5.80. The third kappa shape index (κ3) is 3.61. The van der Waals surface area contributed by atoms with Gasteiger partial charge < -0.3 is 14.2 Å². The number of carbonyl (C=O) groups is 1. The number of fused-ring (bicyclic) bond motifs is 1. The fraction of sp³-hybridized carbons (Fsp3) is 0.391. The maximum Gasteiger partial charge on any atom is 0.254 e. The van der Waals surface area contributed by atoms with Crippen molar-refractivity contribution in [2.24, 2.45) is 0 Å². The summed E-state index contributed by atoms with van der Waals surface area (Å²) in [6, 6.07) is 6.26. The molecule has 0 saturated carbocycles. The largest absolute Gasteiger partial charge is 0.378 e. The first-order chi connectivity index (χ1) is 14.6. The first kappa shape index (κ1) is 18.9. The number of hydrogen-bond acceptors (Lipinski definition) is 6. The summed E-state index contributed by atoms with van der Waals surface area (Å²) in [6.45, 7) is 4.58. The van der Waals surface area contributed by atoms with Crippen molar-refractivity contribution < 1.29 is 14.1 Å². The molecule has 30 heavy (non-hydrogen) atoms. The molecule has 0 bridgehead atoms. The standard InChI is InChI=1S/C23H24N4O3/c1-13-21(26-22(24-13)20(28)8-7-19-4-3-9-29-19)16-6-5-15-10-18(12-17(15)11-16)23-25-14(2)27-30-23/h5-6,11-12,19H,3-4,7-10H2,1-2H3,(H,24,26)/t19-/m1/s1. The zero-order valence-corrected chi connectivity index (χ0v) is 17.2. The van der Waals surface area contributed by atoms with E-state index in [2.05, 4.69) is 44.4 Å². The van der Waals surface area contributed by atoms with E-state index in [0.29, 0.717) is 24.0 Å². The van der Waals surface area contributed by atoms with E-state index < -0.39 is 0 Å². The van der Waals surface area contributed by atoms with E-state index in [4.69, 9.17) is 9.26 Å². The van der Waals surface area contributed by atoms with Crippen molar-refractivity contribution in [2.75, 3.05) is 6.61 Å². The number of Topliss-reactive ketones (excluding diaryl/α,β-unsaturated/α-hetero) is 1. The number of rotatable bonds is 6. The molecule has 1 aliphatic carbocycles. The summed E-state index contributed by atoms with van der Waals surface area (Å²) in [6.07, 6.45) is 6.41. The molecule has 1 aromatic carbocycles. The van der Waals surface area contributed by atoms with Gasteiger partial charge in [0.25, 0.3) is 5.89 Å². The van der Waals surface area contributed by atoms with E-state index in [0.717, 1.165) is 60.4 Å². The number of aromatic amines is 1. The number of carbonyl (C=O) groups excluding carboxylic acids is 1. The van der Waals surface area contributed by atoms with Gasteiger partial charge in [-0.05, 0) is 56.4 Å². The summed E-state index contributed by atoms with van der Waals surface area (Å²) in [5.74, 6) is 1.67. The van der Waals surface area contributed by atoms with Crippen molar-refractivity contribution >= 4 is 17.4 Å². The number of aromatic nitrogens is 4. The van der Waals surface area contributed by atoms with Crippen LogP contribution in [-0.2, 0) is 11.2 Å². The molecular weight excluding hydrogens is 380 g/mol. The van der Waals surface area contributed by atoms with Gasteiger partial charge in [-0.25, -0.2) is 4.98 Å². The summed E-state index contributed by atoms with van der Waals surface area (Å²) in [5.41, 5.74) is 6.04. The van der Waals surface area contributed by atoms with Crippen molar-refractivity contribution in [1.29, 1.82) is 0 Å². The molecule has 7 heteroatoms. The Bertz CT molecular complexity index is 1140. The first-order valence-corrected chi connectivity index (χ1v) is 10.4. The number of H-pyrrole nitrogens is 1. The lowest BCUT2D eigenvalue weighted by Gasteiger charge is -2.06. The summed E-state index contributed by atoms with van der Waals surface area (Å²) in [4.78, 5) is 24.7. The van der Waals surface area contributed by atoms with Crippen LogP contribution in [0.2, 0.25) is 0 Å². The number of imidazole rings is 1. The van der Waals surface area contributed by atoms with E-state index in [1.54, 1.807) is 0 Å². The second-order valence-electron chi connectivity index (χ2n) is 8.06. The molecule has 0 spiro atoms. The molecule has 0 unspecified atom stereocenters. The summed E-state index contributed by atoms with van der Waals surface area (Å²) in [7, 11) is 0. The quantitative estimate of drug-likeness (QED) is 0.615. The Morgan fingerprint density at radius 2 is 2.17 bits per heavy atom. The van der Waals surface area contributed by atoms with Crippen LogP contribution in [0, 0.1) is 13.8 Å². The highest BCUT2D eigenvalue weighted by atomic mass is 16.5. The van der Waals surface area contributed by atoms with Gasteiger partial charge in [-0.2, -0.15) is 4.98 Å². The molecule has 3 aromatic rings. The highest BCUT2D eigenvalue weighted by Gasteiger charge is 2.22. The van der Waals surface area contributed by atoms with Crippen LogP contribution in [0.15, 0.2) is 22.7 Å². The molecule has 5 rings (SSSR count). The summed E-state index contributed by atoms with van der Waals surface area (Å²) < 4.78 is 10.9. The van der Waals surface area contributed by atoms with E-state index in [-0.39, 0.29) is 11.9 Å². The average Bonchev–Trinajstić information content (AvgIpc) is 3.51. The third-order valence-electron chi connectivity index (χ3n) is 5.80. The molecule has 2 aliphatic rings. The Hall–Kier alpha value is -3.06. The maximum atomic E-state index is 12.6. The molecule has 1 N–H and O–H groups in total. The van der Waals surface area contributed by atoms with Gasteiger partial charge in [-0.1, -0.05) is 17.3 Å². The topological polar surface area (TPSA) is 93.9 Å². The van der Waals surface area contributed by atoms with Gasteiger partial charge in [-0.3, -0.25) is 4.79 Å². The van der Waals surface area contributed by atoms with Gasteiger partial charge in [0.1, 0.15) is 0 Å². The molecule has 7 nitrogen and oxygen atoms in total. The van der Waals surface area contributed by atoms with Crippen LogP contribution in [0.5, 0.6) is 0 Å². The minimum Gasteiger partial charge on any atom is -0.378 e. The van der Waals surface area contributed by atoms with Gasteiger partial charge in [0, 0.05) is 36.3 Å². The van der Waals surface area contributed by atoms with Gasteiger partial charge in [0.15, 0.2) is 17.4 Å². The number of nitrogens with zero attached hydrogens (tertiary/aromatic N) is 3. The second kappa shape index (κ2) is 7.65. The molecule has 0 radical (unpaired) electrons. The van der Waals surface area contributed by atoms with E-state index in [1.807, 2.05) is 13.8 Å². The van der Waals surface area contributed by atoms with Crippen LogP contribution in [-0.4, -0.2) is 38.6 Å². The number of allylic oxidation sites excluding steroid dienone is 1. The highest BCUT2D eigenvalue weighted by Crippen LogP contribution is 2.34. The molecule has 1 aliphatic heterocycles. The fourth-order valence-electron chi connectivity index (χ4n) is 4.20. The molecule has 1 fully saturated rings. The first-order valence-electron chi connectivity index (χ1n) is 10.4. The van der Waals surface area contributed by atoms with Crippen LogP contribution >= 0.6 is 0 Å². The zero-order chi connectivity index (χ0) is 20.7. The summed E-state index contributed by atoms with van der Waals surface area (Å²) >= 11 is 0. The number of benzene rings is 1. The van der Waals surface area contributed by atoms with Crippen molar-refractivity contribution in [3.05, 3.63) is 52.6 Å². The predicted molar refractivity (Wildman–Crippen MR) is 112 cm³/mol. The Kier molecular flexibility index (Phi) is 4.83. The van der Waals surface area contributed by atoms with Gasteiger partial charge in [-0.15, -0.1) is 0 Å². The monoisotopic (exact) mass is 404 g/mol. The Morgan fingerprint density at radius 3 is 2.93 bits per heavy atom. The zero-order valence-electron chi connectivity index (χ0n) is 17.2. The molecule has 154 valence electrons. The van der Waals surface area contributed by atoms with E-state index in [1.165, 1.54) is 5.56 Å². The predicted octanol–water partition coefficient (Wildman–Crippen LogP) is 4.32. The molecule has 3 heterocycles. The summed E-state index contributed by atoms with van der Waals surface area (Å²) in [5, 5.41) is 3.88. The van der Waals surface area contributed by atoms with Crippen LogP contribution in [0.3, 0.4) is 0 Å². The number of aryl methyl sites for hydroxylation is 2. The van der Waals surface area contributed by atoms with Gasteiger partial charge in [0.2, 0.25) is 0 Å². The molecular formula is C23H24N4O3.